The van der Waals surface area contributed by atoms with Crippen LogP contribution in [0.5, 0.6) is 0 Å². The lowest BCUT2D eigenvalue weighted by Crippen LogP contribution is -2.11. The molecule has 2 rings (SSSR count). The Morgan fingerprint density at radius 1 is 1.47 bits per heavy atom. The highest BCUT2D eigenvalue weighted by Gasteiger charge is 2.12. The maximum absolute atomic E-state index is 11.7. The fourth-order valence-electron chi connectivity index (χ4n) is 1.18. The van der Waals surface area contributed by atoms with E-state index in [1.54, 1.807) is 12.1 Å². The Labute approximate surface area is 107 Å². The number of amides is 1. The van der Waals surface area contributed by atoms with Gasteiger partial charge in [0.25, 0.3) is 5.91 Å². The molecule has 0 fully saturated rings. The molecule has 0 atom stereocenters. The van der Waals surface area contributed by atoms with Crippen LogP contribution in [0.4, 0.5) is 10.8 Å². The number of carbonyl (C=O) groups is 1. The quantitative estimate of drug-likeness (QED) is 0.876. The largest absolute Gasteiger partial charge is 0.374 e. The van der Waals surface area contributed by atoms with Gasteiger partial charge in [-0.25, -0.2) is 0 Å². The van der Waals surface area contributed by atoms with Gasteiger partial charge in [-0.15, -0.1) is 10.2 Å². The molecule has 2 aromatic rings. The molecule has 88 valence electrons. The molecular formula is C10H9ClN4OS. The lowest BCUT2D eigenvalue weighted by molar-refractivity contribution is 0.102. The van der Waals surface area contributed by atoms with Crippen LogP contribution >= 0.6 is 22.9 Å². The van der Waals surface area contributed by atoms with Crippen LogP contribution in [0.15, 0.2) is 18.2 Å². The number of nitrogens with two attached hydrogens (primary N) is 1. The van der Waals surface area contributed by atoms with Gasteiger partial charge < -0.3 is 11.1 Å². The molecular weight excluding hydrogens is 260 g/mol. The third-order valence-electron chi connectivity index (χ3n) is 2.06. The predicted octanol–water partition coefficient (Wildman–Crippen LogP) is 2.33. The highest BCUT2D eigenvalue weighted by Crippen LogP contribution is 2.21. The van der Waals surface area contributed by atoms with E-state index in [9.17, 15) is 4.79 Å². The van der Waals surface area contributed by atoms with E-state index >= 15 is 0 Å². The zero-order chi connectivity index (χ0) is 12.4. The van der Waals surface area contributed by atoms with Gasteiger partial charge in [0.1, 0.15) is 0 Å². The molecule has 0 unspecified atom stereocenters. The maximum atomic E-state index is 11.7. The van der Waals surface area contributed by atoms with Crippen LogP contribution in [0.1, 0.15) is 15.4 Å². The molecule has 1 aromatic heterocycles. The monoisotopic (exact) mass is 268 g/mol. The van der Waals surface area contributed by atoms with E-state index in [0.29, 0.717) is 10.7 Å². The molecule has 3 N–H and O–H groups in total. The van der Waals surface area contributed by atoms with Crippen LogP contribution in [0.2, 0.25) is 5.02 Å². The van der Waals surface area contributed by atoms with Gasteiger partial charge in [-0.05, 0) is 24.6 Å². The van der Waals surface area contributed by atoms with E-state index in [1.807, 2.05) is 13.0 Å². The fraction of sp³-hybridized carbons (Fsp3) is 0.100. The van der Waals surface area contributed by atoms with Crippen molar-refractivity contribution in [2.24, 2.45) is 0 Å². The predicted molar refractivity (Wildman–Crippen MR) is 68.5 cm³/mol. The summed E-state index contributed by atoms with van der Waals surface area (Å²) in [5.41, 5.74) is 6.96. The number of carbonyl (C=O) groups excluding carboxylic acids is 1. The van der Waals surface area contributed by atoms with E-state index in [0.717, 1.165) is 16.9 Å². The van der Waals surface area contributed by atoms with Crippen LogP contribution in [-0.2, 0) is 0 Å². The van der Waals surface area contributed by atoms with Crippen molar-refractivity contribution in [3.63, 3.8) is 0 Å². The number of hydrogen-bond acceptors (Lipinski definition) is 5. The molecule has 0 saturated heterocycles. The van der Waals surface area contributed by atoms with E-state index in [2.05, 4.69) is 15.5 Å². The minimum absolute atomic E-state index is 0.221. The lowest BCUT2D eigenvalue weighted by atomic mass is 10.2. The molecule has 0 aliphatic rings. The van der Waals surface area contributed by atoms with Gasteiger partial charge in [0.05, 0.1) is 0 Å². The Kier molecular flexibility index (Phi) is 3.26. The highest BCUT2D eigenvalue weighted by molar-refractivity contribution is 7.16. The molecule has 0 spiro atoms. The van der Waals surface area contributed by atoms with Crippen LogP contribution < -0.4 is 11.1 Å². The van der Waals surface area contributed by atoms with Crippen molar-refractivity contribution in [3.05, 3.63) is 33.8 Å². The molecule has 0 aliphatic heterocycles. The van der Waals surface area contributed by atoms with Crippen LogP contribution in [-0.4, -0.2) is 16.1 Å². The molecule has 17 heavy (non-hydrogen) atoms. The van der Waals surface area contributed by atoms with Crippen molar-refractivity contribution in [2.75, 3.05) is 11.1 Å². The number of nitrogens with zero attached hydrogens (tertiary/aromatic N) is 2. The molecule has 7 heteroatoms. The van der Waals surface area contributed by atoms with Crippen molar-refractivity contribution in [1.29, 1.82) is 0 Å². The Balaban J connectivity index is 2.15. The fourth-order valence-corrected chi connectivity index (χ4v) is 1.87. The summed E-state index contributed by atoms with van der Waals surface area (Å²) in [6.07, 6.45) is 0. The summed E-state index contributed by atoms with van der Waals surface area (Å²) >= 11 is 6.98. The standard InChI is InChI=1S/C10H9ClN4OS/c1-5-2-3-6(4-7(5)11)13-8(16)9-14-15-10(12)17-9/h2-4H,1H3,(H2,12,15)(H,13,16). The Morgan fingerprint density at radius 3 is 2.82 bits per heavy atom. The lowest BCUT2D eigenvalue weighted by Gasteiger charge is -2.04. The van der Waals surface area contributed by atoms with Crippen LogP contribution in [0.3, 0.4) is 0 Å². The van der Waals surface area contributed by atoms with E-state index in [1.165, 1.54) is 0 Å². The first-order valence-corrected chi connectivity index (χ1v) is 5.92. The zero-order valence-electron chi connectivity index (χ0n) is 8.90. The van der Waals surface area contributed by atoms with Crippen LogP contribution in [0.25, 0.3) is 0 Å². The van der Waals surface area contributed by atoms with Crippen molar-refractivity contribution < 1.29 is 4.79 Å². The molecule has 0 saturated carbocycles. The Bertz CT molecular complexity index is 569. The summed E-state index contributed by atoms with van der Waals surface area (Å²) in [5, 5.41) is 11.0. The van der Waals surface area contributed by atoms with Crippen molar-refractivity contribution in [3.8, 4) is 0 Å². The Hall–Kier alpha value is -1.66. The molecule has 0 aliphatic carbocycles. The van der Waals surface area contributed by atoms with Gasteiger partial charge in [0.2, 0.25) is 10.1 Å². The smallest absolute Gasteiger partial charge is 0.286 e. The number of nitrogens with one attached hydrogen (secondary N) is 1. The first kappa shape index (κ1) is 11.8. The molecule has 0 bridgehead atoms. The molecule has 1 amide bonds. The third kappa shape index (κ3) is 2.72. The number of aryl methyl sites for hydroxylation is 1. The SMILES string of the molecule is Cc1ccc(NC(=O)c2nnc(N)s2)cc1Cl. The maximum Gasteiger partial charge on any atom is 0.286 e. The summed E-state index contributed by atoms with van der Waals surface area (Å²) in [5.74, 6) is -0.348. The normalized spacial score (nSPS) is 10.2. The van der Waals surface area contributed by atoms with Gasteiger partial charge in [-0.2, -0.15) is 0 Å². The Morgan fingerprint density at radius 2 is 2.24 bits per heavy atom. The van der Waals surface area contributed by atoms with Gasteiger partial charge in [0.15, 0.2) is 0 Å². The van der Waals surface area contributed by atoms with Gasteiger partial charge >= 0.3 is 0 Å². The van der Waals surface area contributed by atoms with Crippen LogP contribution in [0, 0.1) is 6.92 Å². The number of benzene rings is 1. The van der Waals surface area contributed by atoms with E-state index < -0.39 is 0 Å². The van der Waals surface area contributed by atoms with E-state index in [4.69, 9.17) is 17.3 Å². The van der Waals surface area contributed by atoms with Gasteiger partial charge in [-0.1, -0.05) is 29.0 Å². The topological polar surface area (TPSA) is 80.9 Å². The minimum atomic E-state index is -0.348. The summed E-state index contributed by atoms with van der Waals surface area (Å²) in [6.45, 7) is 1.89. The average molecular weight is 269 g/mol. The molecule has 5 nitrogen and oxygen atoms in total. The summed E-state index contributed by atoms with van der Waals surface area (Å²) in [4.78, 5) is 11.7. The summed E-state index contributed by atoms with van der Waals surface area (Å²) in [6, 6.07) is 5.27. The molecule has 1 aromatic carbocycles. The minimum Gasteiger partial charge on any atom is -0.374 e. The molecule has 0 radical (unpaired) electrons. The zero-order valence-corrected chi connectivity index (χ0v) is 10.5. The van der Waals surface area contributed by atoms with Crippen molar-refractivity contribution in [2.45, 2.75) is 6.92 Å². The number of nitrogen functional groups attached to an aromatic ring is 1. The second kappa shape index (κ2) is 4.68. The average Bonchev–Trinajstić information content (AvgIpc) is 2.70. The first-order chi connectivity index (χ1) is 8.06. The number of rotatable bonds is 2. The van der Waals surface area contributed by atoms with Gasteiger partial charge in [-0.3, -0.25) is 4.79 Å². The number of halogens is 1. The number of anilines is 2. The van der Waals surface area contributed by atoms with Crippen molar-refractivity contribution in [1.82, 2.24) is 10.2 Å². The second-order valence-corrected chi connectivity index (χ2v) is 4.78. The number of aromatic nitrogens is 2. The van der Waals surface area contributed by atoms with Gasteiger partial charge in [0, 0.05) is 10.7 Å². The molecule has 1 heterocycles. The third-order valence-corrected chi connectivity index (χ3v) is 3.22. The first-order valence-electron chi connectivity index (χ1n) is 4.73. The summed E-state index contributed by atoms with van der Waals surface area (Å²) < 4.78 is 0. The summed E-state index contributed by atoms with van der Waals surface area (Å²) in [7, 11) is 0. The second-order valence-electron chi connectivity index (χ2n) is 3.36. The van der Waals surface area contributed by atoms with E-state index in [-0.39, 0.29) is 16.0 Å². The highest BCUT2D eigenvalue weighted by atomic mass is 35.5. The van der Waals surface area contributed by atoms with Crippen molar-refractivity contribution >= 4 is 39.7 Å². The number of hydrogen-bond donors (Lipinski definition) is 2.